The molecule has 0 aliphatic carbocycles. The highest BCUT2D eigenvalue weighted by atomic mass is 19.3. The van der Waals surface area contributed by atoms with Crippen LogP contribution in [0, 0.1) is 23.5 Å². The van der Waals surface area contributed by atoms with E-state index < -0.39 is 24.1 Å². The molecule has 1 heterocycles. The third-order valence-electron chi connectivity index (χ3n) is 2.36. The third kappa shape index (κ3) is 3.43. The van der Waals surface area contributed by atoms with Crippen molar-refractivity contribution in [3.8, 4) is 5.75 Å². The fourth-order valence-electron chi connectivity index (χ4n) is 1.60. The minimum atomic E-state index is -3.00. The van der Waals surface area contributed by atoms with Crippen molar-refractivity contribution in [2.45, 2.75) is 13.0 Å². The van der Waals surface area contributed by atoms with Gasteiger partial charge in [-0.25, -0.2) is 13.2 Å². The van der Waals surface area contributed by atoms with Crippen LogP contribution in [0.25, 0.3) is 0 Å². The van der Waals surface area contributed by atoms with E-state index in [1.807, 2.05) is 6.07 Å². The quantitative estimate of drug-likeness (QED) is 0.634. The lowest BCUT2D eigenvalue weighted by Gasteiger charge is -2.06. The van der Waals surface area contributed by atoms with Crippen LogP contribution in [0.1, 0.15) is 11.1 Å². The predicted molar refractivity (Wildman–Crippen MR) is 58.8 cm³/mol. The van der Waals surface area contributed by atoms with Gasteiger partial charge in [0.25, 0.3) is 0 Å². The minimum absolute atomic E-state index is 0.0254. The summed E-state index contributed by atoms with van der Waals surface area (Å²) in [6.07, 6.45) is 2.33. The van der Waals surface area contributed by atoms with Gasteiger partial charge in [0, 0.05) is 12.3 Å². The number of pyridine rings is 1. The number of benzene rings is 1. The Labute approximate surface area is 110 Å². The number of aromatic nitrogens is 1. The molecule has 20 heavy (non-hydrogen) atoms. The van der Waals surface area contributed by atoms with Crippen molar-refractivity contribution < 1.29 is 26.7 Å². The van der Waals surface area contributed by atoms with Gasteiger partial charge >= 0.3 is 6.61 Å². The molecular weight excluding hydrogens is 281 g/mol. The van der Waals surface area contributed by atoms with Crippen LogP contribution in [-0.4, -0.2) is 11.6 Å². The number of halogens is 5. The molecule has 1 aromatic carbocycles. The lowest BCUT2D eigenvalue weighted by atomic mass is 10.1. The number of nitrogens with zero attached hydrogens (tertiary/aromatic N) is 1. The van der Waals surface area contributed by atoms with Crippen LogP contribution in [0.15, 0.2) is 24.5 Å². The zero-order valence-electron chi connectivity index (χ0n) is 9.84. The molecule has 1 aromatic heterocycles. The summed E-state index contributed by atoms with van der Waals surface area (Å²) < 4.78 is 67.0. The van der Waals surface area contributed by atoms with Crippen LogP contribution in [0.3, 0.4) is 0 Å². The molecule has 2 aromatic rings. The van der Waals surface area contributed by atoms with Crippen LogP contribution in [0.4, 0.5) is 22.0 Å². The highest BCUT2D eigenvalue weighted by Gasteiger charge is 2.12. The van der Waals surface area contributed by atoms with Crippen molar-refractivity contribution in [1.29, 1.82) is 0 Å². The molecule has 0 spiro atoms. The van der Waals surface area contributed by atoms with E-state index in [0.29, 0.717) is 5.56 Å². The summed E-state index contributed by atoms with van der Waals surface area (Å²) in [5, 5.41) is 0. The maximum Gasteiger partial charge on any atom is 0.387 e. The second-order valence-electron chi connectivity index (χ2n) is 3.85. The Kier molecular flexibility index (Phi) is 4.16. The first-order valence-electron chi connectivity index (χ1n) is 5.40. The molecular formula is C13H7F5NO. The molecule has 0 aliphatic heterocycles. The zero-order chi connectivity index (χ0) is 14.7. The molecule has 0 N–H and O–H groups in total. The van der Waals surface area contributed by atoms with Gasteiger partial charge in [0.1, 0.15) is 5.75 Å². The van der Waals surface area contributed by atoms with Crippen molar-refractivity contribution >= 4 is 0 Å². The Bertz CT molecular complexity index is 594. The van der Waals surface area contributed by atoms with Crippen molar-refractivity contribution in [3.63, 3.8) is 0 Å². The molecule has 0 bridgehead atoms. The summed E-state index contributed by atoms with van der Waals surface area (Å²) in [5.74, 6) is -4.57. The second kappa shape index (κ2) is 5.85. The fourth-order valence-corrected chi connectivity index (χ4v) is 1.60. The van der Waals surface area contributed by atoms with Gasteiger partial charge in [0.05, 0.1) is 6.20 Å². The van der Waals surface area contributed by atoms with Gasteiger partial charge in [-0.15, -0.1) is 0 Å². The van der Waals surface area contributed by atoms with E-state index in [1.54, 1.807) is 0 Å². The van der Waals surface area contributed by atoms with Crippen LogP contribution in [0.2, 0.25) is 0 Å². The fraction of sp³-hybridized carbons (Fsp3) is 0.154. The zero-order valence-corrected chi connectivity index (χ0v) is 9.84. The molecule has 0 unspecified atom stereocenters. The average Bonchev–Trinajstić information content (AvgIpc) is 2.35. The molecule has 0 saturated heterocycles. The van der Waals surface area contributed by atoms with E-state index in [0.717, 1.165) is 12.3 Å². The van der Waals surface area contributed by atoms with Crippen LogP contribution >= 0.6 is 0 Å². The molecule has 7 heteroatoms. The highest BCUT2D eigenvalue weighted by Crippen LogP contribution is 2.19. The number of rotatable bonds is 4. The monoisotopic (exact) mass is 288 g/mol. The van der Waals surface area contributed by atoms with Gasteiger partial charge in [-0.1, -0.05) is 0 Å². The normalized spacial score (nSPS) is 10.9. The van der Waals surface area contributed by atoms with Gasteiger partial charge in [0.2, 0.25) is 0 Å². The minimum Gasteiger partial charge on any atom is -0.433 e. The van der Waals surface area contributed by atoms with Gasteiger partial charge in [-0.05, 0) is 29.7 Å². The van der Waals surface area contributed by atoms with E-state index in [1.165, 1.54) is 12.3 Å². The standard InChI is InChI=1S/C13H7F5NO/c14-10-3-7(4-11(15)12(10)16)1-8-2-9(6-19-5-8)20-13(17)18/h2-3,5-6,13H,1H2. The maximum absolute atomic E-state index is 13.0. The van der Waals surface area contributed by atoms with E-state index >= 15 is 0 Å². The second-order valence-corrected chi connectivity index (χ2v) is 3.85. The van der Waals surface area contributed by atoms with Crippen molar-refractivity contribution in [3.05, 3.63) is 59.2 Å². The molecule has 0 saturated carbocycles. The van der Waals surface area contributed by atoms with Gasteiger partial charge in [0.15, 0.2) is 17.5 Å². The van der Waals surface area contributed by atoms with Gasteiger partial charge in [-0.2, -0.15) is 8.78 Å². The SMILES string of the molecule is Fc1[c]c(Cc2cncc(OC(F)F)c2)cc(F)c1F. The largest absolute Gasteiger partial charge is 0.433 e. The summed E-state index contributed by atoms with van der Waals surface area (Å²) in [6, 6.07) is 4.05. The Balaban J connectivity index is 2.22. The molecule has 0 fully saturated rings. The summed E-state index contributed by atoms with van der Waals surface area (Å²) in [5.41, 5.74) is 0.391. The van der Waals surface area contributed by atoms with Gasteiger partial charge in [-0.3, -0.25) is 4.98 Å². The first kappa shape index (κ1) is 14.2. The Hall–Kier alpha value is -2.18. The van der Waals surface area contributed by atoms with Crippen LogP contribution in [-0.2, 0) is 6.42 Å². The Morgan fingerprint density at radius 1 is 1.15 bits per heavy atom. The number of hydrogen-bond donors (Lipinski definition) is 0. The van der Waals surface area contributed by atoms with Crippen molar-refractivity contribution in [2.24, 2.45) is 0 Å². The van der Waals surface area contributed by atoms with Crippen LogP contribution < -0.4 is 4.74 Å². The predicted octanol–water partition coefficient (Wildman–Crippen LogP) is 3.49. The molecule has 0 atom stereocenters. The molecule has 0 amide bonds. The molecule has 2 rings (SSSR count). The first-order chi connectivity index (χ1) is 9.45. The van der Waals surface area contributed by atoms with E-state index in [9.17, 15) is 22.0 Å². The molecule has 0 aliphatic rings. The van der Waals surface area contributed by atoms with Crippen molar-refractivity contribution in [2.75, 3.05) is 0 Å². The number of alkyl halides is 2. The summed E-state index contributed by atoms with van der Waals surface area (Å²) in [7, 11) is 0. The lowest BCUT2D eigenvalue weighted by molar-refractivity contribution is -0.0501. The number of hydrogen-bond acceptors (Lipinski definition) is 2. The smallest absolute Gasteiger partial charge is 0.387 e. The molecule has 2 nitrogen and oxygen atoms in total. The highest BCUT2D eigenvalue weighted by molar-refractivity contribution is 5.29. The van der Waals surface area contributed by atoms with E-state index in [2.05, 4.69) is 9.72 Å². The first-order valence-corrected chi connectivity index (χ1v) is 5.40. The number of ether oxygens (including phenoxy) is 1. The van der Waals surface area contributed by atoms with Crippen LogP contribution in [0.5, 0.6) is 5.75 Å². The summed E-state index contributed by atoms with van der Waals surface area (Å²) >= 11 is 0. The molecule has 1 radical (unpaired) electrons. The van der Waals surface area contributed by atoms with E-state index in [-0.39, 0.29) is 17.7 Å². The third-order valence-corrected chi connectivity index (χ3v) is 2.36. The molecule has 105 valence electrons. The lowest BCUT2D eigenvalue weighted by Crippen LogP contribution is -2.03. The Morgan fingerprint density at radius 3 is 2.55 bits per heavy atom. The average molecular weight is 288 g/mol. The Morgan fingerprint density at radius 2 is 1.90 bits per heavy atom. The maximum atomic E-state index is 13.0. The summed E-state index contributed by atoms with van der Waals surface area (Å²) in [6.45, 7) is -3.00. The summed E-state index contributed by atoms with van der Waals surface area (Å²) in [4.78, 5) is 3.66. The van der Waals surface area contributed by atoms with E-state index in [4.69, 9.17) is 0 Å². The van der Waals surface area contributed by atoms with Crippen molar-refractivity contribution in [1.82, 2.24) is 4.98 Å². The van der Waals surface area contributed by atoms with Gasteiger partial charge < -0.3 is 4.74 Å². The topological polar surface area (TPSA) is 22.1 Å².